The summed E-state index contributed by atoms with van der Waals surface area (Å²) in [6.45, 7) is 4.93. The van der Waals surface area contributed by atoms with Gasteiger partial charge in [-0.15, -0.1) is 0 Å². The Morgan fingerprint density at radius 3 is 2.19 bits per heavy atom. The van der Waals surface area contributed by atoms with Gasteiger partial charge in [0.15, 0.2) is 0 Å². The second-order valence-electron chi connectivity index (χ2n) is 8.78. The number of anilines is 1. The van der Waals surface area contributed by atoms with E-state index in [1.54, 1.807) is 24.3 Å². The molecule has 2 aromatic rings. The van der Waals surface area contributed by atoms with E-state index in [0.29, 0.717) is 22.5 Å². The summed E-state index contributed by atoms with van der Waals surface area (Å²) >= 11 is 3.33. The number of nitrogens with one attached hydrogen (secondary N) is 1. The van der Waals surface area contributed by atoms with Crippen molar-refractivity contribution < 1.29 is 31.2 Å². The molecule has 0 spiro atoms. The molecule has 0 saturated heterocycles. The number of alkyl halides is 3. The van der Waals surface area contributed by atoms with Crippen molar-refractivity contribution in [1.29, 1.82) is 0 Å². The number of halogens is 4. The van der Waals surface area contributed by atoms with E-state index in [0.717, 1.165) is 22.9 Å². The molecule has 1 unspecified atom stereocenters. The number of carbonyl (C=O) groups is 2. The van der Waals surface area contributed by atoms with Crippen LogP contribution in [0.2, 0.25) is 0 Å². The maximum absolute atomic E-state index is 13.4. The van der Waals surface area contributed by atoms with Gasteiger partial charge in [-0.25, -0.2) is 8.42 Å². The number of carbonyl (C=O) groups excluding carboxylic acids is 2. The zero-order valence-electron chi connectivity index (χ0n) is 20.3. The van der Waals surface area contributed by atoms with Crippen LogP contribution in [0.3, 0.4) is 0 Å². The Hall–Kier alpha value is -2.60. The lowest BCUT2D eigenvalue weighted by molar-refractivity contribution is -0.139. The highest BCUT2D eigenvalue weighted by molar-refractivity contribution is 9.10. The molecule has 2 aromatic carbocycles. The van der Waals surface area contributed by atoms with Crippen LogP contribution < -0.4 is 9.62 Å². The SMILES string of the molecule is CC(C)CNC(=O)C(C)N(Cc1ccc(Br)cc1)C(=O)CN(c1cccc(C(F)(F)F)c1)S(C)(=O)=O. The summed E-state index contributed by atoms with van der Waals surface area (Å²) in [5.74, 6) is -1.01. The molecule has 0 saturated carbocycles. The summed E-state index contributed by atoms with van der Waals surface area (Å²) in [4.78, 5) is 27.4. The topological polar surface area (TPSA) is 86.8 Å². The summed E-state index contributed by atoms with van der Waals surface area (Å²) < 4.78 is 66.1. The van der Waals surface area contributed by atoms with Crippen molar-refractivity contribution in [3.8, 4) is 0 Å². The third kappa shape index (κ3) is 8.51. The lowest BCUT2D eigenvalue weighted by Crippen LogP contribution is -2.51. The quantitative estimate of drug-likeness (QED) is 0.443. The number of amides is 2. The maximum atomic E-state index is 13.4. The molecular weight excluding hydrogens is 563 g/mol. The van der Waals surface area contributed by atoms with E-state index in [9.17, 15) is 31.2 Å². The Balaban J connectivity index is 2.41. The lowest BCUT2D eigenvalue weighted by atomic mass is 10.1. The van der Waals surface area contributed by atoms with Gasteiger partial charge in [0.05, 0.1) is 17.5 Å². The van der Waals surface area contributed by atoms with Crippen molar-refractivity contribution in [2.24, 2.45) is 5.92 Å². The number of hydrogen-bond donors (Lipinski definition) is 1. The van der Waals surface area contributed by atoms with Crippen LogP contribution in [0.15, 0.2) is 53.0 Å². The van der Waals surface area contributed by atoms with Gasteiger partial charge in [0.2, 0.25) is 21.8 Å². The molecule has 36 heavy (non-hydrogen) atoms. The Morgan fingerprint density at radius 2 is 1.67 bits per heavy atom. The van der Waals surface area contributed by atoms with E-state index in [1.165, 1.54) is 17.9 Å². The third-order valence-electron chi connectivity index (χ3n) is 5.26. The van der Waals surface area contributed by atoms with Crippen LogP contribution >= 0.6 is 15.9 Å². The Morgan fingerprint density at radius 1 is 1.06 bits per heavy atom. The summed E-state index contributed by atoms with van der Waals surface area (Å²) in [5, 5.41) is 2.75. The molecule has 2 amide bonds. The minimum absolute atomic E-state index is 0.0113. The zero-order chi connectivity index (χ0) is 27.3. The van der Waals surface area contributed by atoms with Gasteiger partial charge in [-0.05, 0) is 48.7 Å². The first kappa shape index (κ1) is 29.6. The summed E-state index contributed by atoms with van der Waals surface area (Å²) in [6.07, 6.45) is -3.89. The highest BCUT2D eigenvalue weighted by Gasteiger charge is 2.33. The van der Waals surface area contributed by atoms with Crippen LogP contribution in [0, 0.1) is 5.92 Å². The van der Waals surface area contributed by atoms with E-state index in [1.807, 2.05) is 13.8 Å². The molecule has 1 atom stereocenters. The molecule has 0 fully saturated rings. The first-order valence-electron chi connectivity index (χ1n) is 11.1. The normalized spacial score (nSPS) is 12.8. The molecule has 0 aliphatic carbocycles. The highest BCUT2D eigenvalue weighted by Crippen LogP contribution is 2.32. The van der Waals surface area contributed by atoms with Crippen LogP contribution in [0.5, 0.6) is 0 Å². The van der Waals surface area contributed by atoms with Gasteiger partial charge in [0, 0.05) is 17.6 Å². The first-order chi connectivity index (χ1) is 16.6. The number of benzene rings is 2. The van der Waals surface area contributed by atoms with Gasteiger partial charge in [-0.3, -0.25) is 13.9 Å². The summed E-state index contributed by atoms with van der Waals surface area (Å²) in [6, 6.07) is 9.76. The summed E-state index contributed by atoms with van der Waals surface area (Å²) in [7, 11) is -4.14. The monoisotopic (exact) mass is 591 g/mol. The van der Waals surface area contributed by atoms with E-state index in [2.05, 4.69) is 21.2 Å². The van der Waals surface area contributed by atoms with E-state index in [-0.39, 0.29) is 18.2 Å². The largest absolute Gasteiger partial charge is 0.416 e. The molecule has 0 aliphatic heterocycles. The molecule has 0 bridgehead atoms. The van der Waals surface area contributed by atoms with E-state index >= 15 is 0 Å². The number of sulfonamides is 1. The predicted octanol–water partition coefficient (Wildman–Crippen LogP) is 4.42. The summed E-state index contributed by atoms with van der Waals surface area (Å²) in [5.41, 5.74) is -0.671. The average Bonchev–Trinajstić information content (AvgIpc) is 2.78. The molecule has 0 heterocycles. The number of nitrogens with zero attached hydrogens (tertiary/aromatic N) is 2. The van der Waals surface area contributed by atoms with Crippen molar-refractivity contribution in [2.75, 3.05) is 23.7 Å². The molecule has 0 radical (unpaired) electrons. The van der Waals surface area contributed by atoms with Crippen molar-refractivity contribution >= 4 is 43.5 Å². The van der Waals surface area contributed by atoms with Gasteiger partial charge in [0.25, 0.3) is 0 Å². The predicted molar refractivity (Wildman–Crippen MR) is 136 cm³/mol. The molecule has 0 aromatic heterocycles. The van der Waals surface area contributed by atoms with E-state index in [4.69, 9.17) is 0 Å². The smallest absolute Gasteiger partial charge is 0.354 e. The lowest BCUT2D eigenvalue weighted by Gasteiger charge is -2.31. The average molecular weight is 592 g/mol. The minimum Gasteiger partial charge on any atom is -0.354 e. The second-order valence-corrected chi connectivity index (χ2v) is 11.6. The second kappa shape index (κ2) is 12.1. The highest BCUT2D eigenvalue weighted by atomic mass is 79.9. The number of hydrogen-bond acceptors (Lipinski definition) is 4. The van der Waals surface area contributed by atoms with Crippen LogP contribution in [-0.4, -0.2) is 50.5 Å². The molecular formula is C24H29BrF3N3O4S. The Bertz CT molecular complexity index is 1170. The number of rotatable bonds is 10. The van der Waals surface area contributed by atoms with Crippen LogP contribution in [0.4, 0.5) is 18.9 Å². The van der Waals surface area contributed by atoms with Gasteiger partial charge >= 0.3 is 6.18 Å². The standard InChI is InChI=1S/C24H29BrF3N3O4S/c1-16(2)13-29-23(33)17(3)30(14-18-8-10-20(25)11-9-18)22(32)15-31(36(4,34)35)21-7-5-6-19(12-21)24(26,27)28/h5-12,16-17H,13-15H2,1-4H3,(H,29,33). The Kier molecular flexibility index (Phi) is 9.95. The fourth-order valence-corrected chi connectivity index (χ4v) is 4.38. The van der Waals surface area contributed by atoms with Gasteiger partial charge in [0.1, 0.15) is 12.6 Å². The molecule has 2 rings (SSSR count). The molecule has 1 N–H and O–H groups in total. The third-order valence-corrected chi connectivity index (χ3v) is 6.93. The van der Waals surface area contributed by atoms with Crippen molar-refractivity contribution in [3.63, 3.8) is 0 Å². The van der Waals surface area contributed by atoms with Crippen molar-refractivity contribution in [2.45, 2.75) is 39.5 Å². The maximum Gasteiger partial charge on any atom is 0.416 e. The molecule has 0 aliphatic rings. The molecule has 198 valence electrons. The minimum atomic E-state index is -4.69. The molecule has 7 nitrogen and oxygen atoms in total. The van der Waals surface area contributed by atoms with Crippen LogP contribution in [0.1, 0.15) is 31.9 Å². The first-order valence-corrected chi connectivity index (χ1v) is 13.7. The van der Waals surface area contributed by atoms with Gasteiger partial charge in [-0.2, -0.15) is 13.2 Å². The van der Waals surface area contributed by atoms with Crippen LogP contribution in [-0.2, 0) is 32.3 Å². The van der Waals surface area contributed by atoms with Crippen molar-refractivity contribution in [1.82, 2.24) is 10.2 Å². The van der Waals surface area contributed by atoms with Crippen molar-refractivity contribution in [3.05, 3.63) is 64.1 Å². The zero-order valence-corrected chi connectivity index (χ0v) is 22.7. The van der Waals surface area contributed by atoms with Gasteiger partial charge in [-0.1, -0.05) is 48.0 Å². The fraction of sp³-hybridized carbons (Fsp3) is 0.417. The molecule has 12 heteroatoms. The fourth-order valence-electron chi connectivity index (χ4n) is 3.27. The van der Waals surface area contributed by atoms with Gasteiger partial charge < -0.3 is 10.2 Å². The Labute approximate surface area is 217 Å². The van der Waals surface area contributed by atoms with E-state index < -0.39 is 46.2 Å². The van der Waals surface area contributed by atoms with Crippen LogP contribution in [0.25, 0.3) is 0 Å².